The lowest BCUT2D eigenvalue weighted by molar-refractivity contribution is -0.133. The van der Waals surface area contributed by atoms with Gasteiger partial charge >= 0.3 is 6.03 Å². The molecule has 1 aromatic carbocycles. The van der Waals surface area contributed by atoms with Crippen molar-refractivity contribution in [1.29, 1.82) is 0 Å². The van der Waals surface area contributed by atoms with E-state index in [1.807, 2.05) is 24.0 Å². The van der Waals surface area contributed by atoms with Crippen molar-refractivity contribution >= 4 is 22.0 Å². The van der Waals surface area contributed by atoms with Crippen LogP contribution in [0.1, 0.15) is 18.1 Å². The first-order valence-electron chi connectivity index (χ1n) is 9.12. The zero-order chi connectivity index (χ0) is 19.8. The number of aryl methyl sites for hydroxylation is 2. The molecule has 2 saturated heterocycles. The van der Waals surface area contributed by atoms with E-state index in [1.165, 1.54) is 9.21 Å². The summed E-state index contributed by atoms with van der Waals surface area (Å²) in [5.74, 6) is -0.240. The Hall–Kier alpha value is -1.97. The number of imide groups is 1. The summed E-state index contributed by atoms with van der Waals surface area (Å²) in [5, 5.41) is 2.62. The first-order chi connectivity index (χ1) is 12.7. The molecule has 2 aliphatic heterocycles. The molecule has 27 heavy (non-hydrogen) atoms. The van der Waals surface area contributed by atoms with Crippen LogP contribution >= 0.6 is 0 Å². The Balaban J connectivity index is 1.67. The number of piperazine rings is 1. The smallest absolute Gasteiger partial charge is 0.324 e. The fraction of sp³-hybridized carbons (Fsp3) is 0.556. The van der Waals surface area contributed by atoms with Crippen LogP contribution in [0.4, 0.5) is 4.79 Å². The molecule has 148 valence electrons. The van der Waals surface area contributed by atoms with Gasteiger partial charge in [0.15, 0.2) is 0 Å². The largest absolute Gasteiger partial charge is 0.336 e. The van der Waals surface area contributed by atoms with Gasteiger partial charge in [0.2, 0.25) is 15.9 Å². The Morgan fingerprint density at radius 3 is 2.37 bits per heavy atom. The topological polar surface area (TPSA) is 90.0 Å². The highest BCUT2D eigenvalue weighted by Crippen LogP contribution is 2.23. The second kappa shape index (κ2) is 7.57. The van der Waals surface area contributed by atoms with Crippen LogP contribution in [0.15, 0.2) is 23.1 Å². The van der Waals surface area contributed by atoms with Gasteiger partial charge in [0.1, 0.15) is 0 Å². The Labute approximate surface area is 160 Å². The normalized spacial score (nSPS) is 20.6. The number of hydrogen-bond acceptors (Lipinski definition) is 5. The summed E-state index contributed by atoms with van der Waals surface area (Å²) in [4.78, 5) is 27.7. The van der Waals surface area contributed by atoms with Crippen molar-refractivity contribution in [1.82, 2.24) is 19.4 Å². The Morgan fingerprint density at radius 2 is 1.78 bits per heavy atom. The van der Waals surface area contributed by atoms with Crippen LogP contribution in [-0.4, -0.2) is 79.8 Å². The molecule has 0 unspecified atom stereocenters. The van der Waals surface area contributed by atoms with E-state index < -0.39 is 16.1 Å². The molecule has 2 fully saturated rings. The fourth-order valence-electron chi connectivity index (χ4n) is 3.52. The number of carbonyl (C=O) groups is 2. The van der Waals surface area contributed by atoms with E-state index in [0.717, 1.165) is 11.1 Å². The SMILES string of the molecule is Cc1ccc(C)c(S(=O)(=O)N2CCN([C@@H](C)C(=O)N3CCNC3=O)CC2)c1. The molecule has 0 radical (unpaired) electrons. The highest BCUT2D eigenvalue weighted by atomic mass is 32.2. The summed E-state index contributed by atoms with van der Waals surface area (Å²) >= 11 is 0. The van der Waals surface area contributed by atoms with Gasteiger partial charge in [-0.05, 0) is 38.0 Å². The van der Waals surface area contributed by atoms with E-state index in [2.05, 4.69) is 5.32 Å². The maximum atomic E-state index is 13.0. The minimum absolute atomic E-state index is 0.240. The number of carbonyl (C=O) groups excluding carboxylic acids is 2. The van der Waals surface area contributed by atoms with Crippen molar-refractivity contribution < 1.29 is 18.0 Å². The van der Waals surface area contributed by atoms with Crippen LogP contribution < -0.4 is 5.32 Å². The van der Waals surface area contributed by atoms with E-state index in [0.29, 0.717) is 44.2 Å². The van der Waals surface area contributed by atoms with Crippen LogP contribution in [0.25, 0.3) is 0 Å². The number of sulfonamides is 1. The van der Waals surface area contributed by atoms with Crippen molar-refractivity contribution in [3.05, 3.63) is 29.3 Å². The molecule has 3 rings (SSSR count). The molecular formula is C18H26N4O4S. The summed E-state index contributed by atoms with van der Waals surface area (Å²) in [6.07, 6.45) is 0. The lowest BCUT2D eigenvalue weighted by Gasteiger charge is -2.37. The third-order valence-corrected chi connectivity index (χ3v) is 7.30. The minimum atomic E-state index is -3.56. The second-order valence-electron chi connectivity index (χ2n) is 7.11. The first kappa shape index (κ1) is 19.8. The average molecular weight is 394 g/mol. The molecule has 0 saturated carbocycles. The van der Waals surface area contributed by atoms with E-state index in [1.54, 1.807) is 19.9 Å². The summed E-state index contributed by atoms with van der Waals surface area (Å²) in [6, 6.07) is 4.60. The molecule has 1 N–H and O–H groups in total. The van der Waals surface area contributed by atoms with E-state index in [4.69, 9.17) is 0 Å². The summed E-state index contributed by atoms with van der Waals surface area (Å²) in [5.41, 5.74) is 1.63. The molecule has 0 bridgehead atoms. The van der Waals surface area contributed by atoms with Gasteiger partial charge < -0.3 is 5.32 Å². The van der Waals surface area contributed by atoms with Crippen LogP contribution in [0.2, 0.25) is 0 Å². The van der Waals surface area contributed by atoms with Crippen LogP contribution in [0.3, 0.4) is 0 Å². The predicted octanol–water partition coefficient (Wildman–Crippen LogP) is 0.550. The average Bonchev–Trinajstić information content (AvgIpc) is 3.08. The van der Waals surface area contributed by atoms with Crippen molar-refractivity contribution in [2.75, 3.05) is 39.3 Å². The highest BCUT2D eigenvalue weighted by Gasteiger charge is 2.36. The van der Waals surface area contributed by atoms with Crippen LogP contribution in [0, 0.1) is 13.8 Å². The van der Waals surface area contributed by atoms with Crippen molar-refractivity contribution in [3.8, 4) is 0 Å². The fourth-order valence-corrected chi connectivity index (χ4v) is 5.25. The number of urea groups is 1. The Kier molecular flexibility index (Phi) is 5.55. The van der Waals surface area contributed by atoms with Gasteiger partial charge in [-0.2, -0.15) is 4.31 Å². The maximum Gasteiger partial charge on any atom is 0.324 e. The zero-order valence-corrected chi connectivity index (χ0v) is 16.8. The van der Waals surface area contributed by atoms with Crippen molar-refractivity contribution in [2.45, 2.75) is 31.7 Å². The van der Waals surface area contributed by atoms with Gasteiger partial charge in [0, 0.05) is 39.3 Å². The molecule has 0 spiro atoms. The highest BCUT2D eigenvalue weighted by molar-refractivity contribution is 7.89. The van der Waals surface area contributed by atoms with Gasteiger partial charge in [-0.25, -0.2) is 13.2 Å². The lowest BCUT2D eigenvalue weighted by atomic mass is 10.2. The number of nitrogens with one attached hydrogen (secondary N) is 1. The maximum absolute atomic E-state index is 13.0. The number of benzene rings is 1. The molecule has 1 aromatic rings. The molecule has 0 aromatic heterocycles. The summed E-state index contributed by atoms with van der Waals surface area (Å²) in [6.45, 7) is 7.82. The lowest BCUT2D eigenvalue weighted by Crippen LogP contribution is -2.55. The molecule has 8 nitrogen and oxygen atoms in total. The van der Waals surface area contributed by atoms with E-state index in [9.17, 15) is 18.0 Å². The van der Waals surface area contributed by atoms with Crippen LogP contribution in [0.5, 0.6) is 0 Å². The van der Waals surface area contributed by atoms with Gasteiger partial charge in [-0.3, -0.25) is 14.6 Å². The molecule has 3 amide bonds. The number of rotatable bonds is 4. The van der Waals surface area contributed by atoms with Crippen molar-refractivity contribution in [2.24, 2.45) is 0 Å². The third kappa shape index (κ3) is 3.85. The number of nitrogens with zero attached hydrogens (tertiary/aromatic N) is 3. The standard InChI is InChI=1S/C18H26N4O4S/c1-13-4-5-14(2)16(12-13)27(25,26)21-10-8-20(9-11-21)15(3)17(23)22-7-6-19-18(22)24/h4-5,12,15H,6-11H2,1-3H3,(H,19,24)/t15-/m0/s1. The zero-order valence-electron chi connectivity index (χ0n) is 15.9. The molecule has 2 heterocycles. The van der Waals surface area contributed by atoms with Gasteiger partial charge in [0.05, 0.1) is 10.9 Å². The number of amides is 3. The first-order valence-corrected chi connectivity index (χ1v) is 10.6. The van der Waals surface area contributed by atoms with Crippen LogP contribution in [-0.2, 0) is 14.8 Å². The van der Waals surface area contributed by atoms with E-state index in [-0.39, 0.29) is 11.9 Å². The third-order valence-electron chi connectivity index (χ3n) is 5.26. The Bertz CT molecular complexity index is 847. The number of hydrogen-bond donors (Lipinski definition) is 1. The Morgan fingerprint density at radius 1 is 1.11 bits per heavy atom. The molecule has 9 heteroatoms. The monoisotopic (exact) mass is 394 g/mol. The van der Waals surface area contributed by atoms with Gasteiger partial charge in [-0.1, -0.05) is 12.1 Å². The quantitative estimate of drug-likeness (QED) is 0.806. The van der Waals surface area contributed by atoms with E-state index >= 15 is 0 Å². The van der Waals surface area contributed by atoms with Gasteiger partial charge in [0.25, 0.3) is 0 Å². The molecule has 0 aliphatic carbocycles. The second-order valence-corrected chi connectivity index (χ2v) is 9.01. The molecular weight excluding hydrogens is 368 g/mol. The van der Waals surface area contributed by atoms with Gasteiger partial charge in [-0.15, -0.1) is 0 Å². The summed E-state index contributed by atoms with van der Waals surface area (Å²) in [7, 11) is -3.56. The molecule has 2 aliphatic rings. The molecule has 1 atom stereocenters. The van der Waals surface area contributed by atoms with Crippen molar-refractivity contribution in [3.63, 3.8) is 0 Å². The summed E-state index contributed by atoms with van der Waals surface area (Å²) < 4.78 is 27.5. The predicted molar refractivity (Wildman–Crippen MR) is 101 cm³/mol. The minimum Gasteiger partial charge on any atom is -0.336 e.